The molecule has 0 spiro atoms. The lowest BCUT2D eigenvalue weighted by atomic mass is 10.0. The summed E-state index contributed by atoms with van der Waals surface area (Å²) in [5.41, 5.74) is 0. The molecule has 0 aliphatic carbocycles. The number of carbonyl (C=O) groups excluding carboxylic acids is 2. The van der Waals surface area contributed by atoms with Crippen LogP contribution in [-0.4, -0.2) is 36.4 Å². The Hall–Kier alpha value is -3.44. The van der Waals surface area contributed by atoms with Crippen molar-refractivity contribution in [2.45, 2.75) is 367 Å². The predicted octanol–water partition coefficient (Wildman–Crippen LogP) is 25.5. The number of esters is 2. The number of hydrogen-bond donors (Lipinski definition) is 1. The molecule has 1 unspecified atom stereocenters. The number of aliphatic hydroxyl groups is 1. The van der Waals surface area contributed by atoms with Gasteiger partial charge in [0, 0.05) is 12.8 Å². The fourth-order valence-corrected chi connectivity index (χ4v) is 10.6. The van der Waals surface area contributed by atoms with Gasteiger partial charge in [-0.2, -0.15) is 0 Å². The zero-order valence-electron chi connectivity index (χ0n) is 55.6. The number of aliphatic hydroxyl groups excluding tert-OH is 1. The summed E-state index contributed by atoms with van der Waals surface area (Å²) in [5, 5.41) is 9.71. The molecule has 0 saturated carbocycles. The average Bonchev–Trinajstić information content (AvgIpc) is 3.51. The van der Waals surface area contributed by atoms with E-state index in [0.717, 1.165) is 89.9 Å². The Morgan fingerprint density at radius 2 is 0.512 bits per heavy atom. The molecular weight excluding hydrogens is 1030 g/mol. The summed E-state index contributed by atoms with van der Waals surface area (Å²) in [5.74, 6) is -0.577. The van der Waals surface area contributed by atoms with Crippen LogP contribution in [0.15, 0.2) is 109 Å². The molecule has 0 aliphatic rings. The van der Waals surface area contributed by atoms with Crippen LogP contribution in [0.3, 0.4) is 0 Å². The smallest absolute Gasteiger partial charge is 0.306 e. The van der Waals surface area contributed by atoms with E-state index in [1.807, 2.05) is 0 Å². The molecule has 0 aliphatic heterocycles. The van der Waals surface area contributed by atoms with Crippen LogP contribution in [0, 0.1) is 0 Å². The van der Waals surface area contributed by atoms with Gasteiger partial charge in [-0.05, 0) is 103 Å². The molecule has 0 aromatic rings. The van der Waals surface area contributed by atoms with Gasteiger partial charge < -0.3 is 14.6 Å². The Morgan fingerprint density at radius 3 is 0.774 bits per heavy atom. The molecule has 0 aromatic heterocycles. The van der Waals surface area contributed by atoms with Gasteiger partial charge in [-0.1, -0.05) is 354 Å². The monoisotopic (exact) mass is 1170 g/mol. The van der Waals surface area contributed by atoms with Crippen molar-refractivity contribution in [3.63, 3.8) is 0 Å². The molecule has 1 N–H and O–H groups in total. The molecule has 0 fully saturated rings. The normalized spacial score (nSPS) is 12.8. The summed E-state index contributed by atoms with van der Waals surface area (Å²) < 4.78 is 10.8. The standard InChI is InChI=1S/C79H138O5/c1-3-5-7-9-11-13-15-17-19-21-23-25-27-29-31-33-34-35-36-37-38-39-40-41-42-43-44-46-48-50-52-54-56-58-60-62-64-66-68-70-72-74-79(82)84-77(75-80)76-83-78(81)73-71-69-67-65-63-61-59-57-55-53-51-49-47-45-32-30-28-26-24-22-20-18-16-14-12-10-8-6-4-2/h5,7,11,13,16-19,22-25,28-31,34-35,77,80H,3-4,6,8-10,12,14-15,20-21,26-27,32-33,36-76H2,1-2H3/b7-5-,13-11-,18-16-,19-17-,24-22-,25-23-,30-28-,31-29-,35-34-. The van der Waals surface area contributed by atoms with Crippen LogP contribution in [0.25, 0.3) is 0 Å². The third kappa shape index (κ3) is 71.0. The van der Waals surface area contributed by atoms with E-state index in [9.17, 15) is 14.7 Å². The highest BCUT2D eigenvalue weighted by molar-refractivity contribution is 5.70. The van der Waals surface area contributed by atoms with E-state index in [4.69, 9.17) is 9.47 Å². The van der Waals surface area contributed by atoms with E-state index in [1.165, 1.54) is 244 Å². The summed E-state index contributed by atoms with van der Waals surface area (Å²) >= 11 is 0. The molecule has 1 atom stereocenters. The number of ether oxygens (including phenoxy) is 2. The first kappa shape index (κ1) is 80.6. The summed E-state index contributed by atoms with van der Waals surface area (Å²) in [7, 11) is 0. The van der Waals surface area contributed by atoms with Gasteiger partial charge in [0.15, 0.2) is 6.10 Å². The van der Waals surface area contributed by atoms with Gasteiger partial charge in [0.2, 0.25) is 0 Å². The molecule has 0 bridgehead atoms. The highest BCUT2D eigenvalue weighted by atomic mass is 16.6. The molecule has 0 aromatic carbocycles. The minimum absolute atomic E-state index is 0.0654. The highest BCUT2D eigenvalue weighted by Crippen LogP contribution is 2.18. The second kappa shape index (κ2) is 73.8. The van der Waals surface area contributed by atoms with Gasteiger partial charge in [-0.3, -0.25) is 9.59 Å². The molecular formula is C79H138O5. The Kier molecular flexibility index (Phi) is 70.8. The predicted molar refractivity (Wildman–Crippen MR) is 371 cm³/mol. The summed E-state index contributed by atoms with van der Waals surface area (Å²) in [6, 6.07) is 0. The van der Waals surface area contributed by atoms with Crippen molar-refractivity contribution < 1.29 is 24.2 Å². The van der Waals surface area contributed by atoms with Gasteiger partial charge in [0.1, 0.15) is 6.61 Å². The Labute approximate surface area is 522 Å². The maximum atomic E-state index is 12.4. The lowest BCUT2D eigenvalue weighted by Crippen LogP contribution is -2.28. The summed E-state index contributed by atoms with van der Waals surface area (Å²) in [6.45, 7) is 4.05. The van der Waals surface area contributed by atoms with Crippen molar-refractivity contribution in [1.29, 1.82) is 0 Å². The molecule has 84 heavy (non-hydrogen) atoms. The van der Waals surface area contributed by atoms with Crippen LogP contribution in [0.4, 0.5) is 0 Å². The number of unbranched alkanes of at least 4 members (excludes halogenated alkanes) is 41. The van der Waals surface area contributed by atoms with Crippen molar-refractivity contribution in [2.24, 2.45) is 0 Å². The van der Waals surface area contributed by atoms with Gasteiger partial charge in [0.25, 0.3) is 0 Å². The molecule has 484 valence electrons. The first-order valence-corrected chi connectivity index (χ1v) is 36.4. The largest absolute Gasteiger partial charge is 0.462 e. The van der Waals surface area contributed by atoms with Gasteiger partial charge >= 0.3 is 11.9 Å². The third-order valence-electron chi connectivity index (χ3n) is 16.1. The SMILES string of the molecule is CC/C=C\C/C=C\C/C=C\C/C=C\C/C=C\C/C=C\CCCCCCCCCCCCCCCCCCCCCCCCC(=O)OC(CO)COC(=O)CCCCCCCCCCCCCCCC/C=C\C/C=C\C/C=C\CCCCCCC. The van der Waals surface area contributed by atoms with Crippen LogP contribution in [0.2, 0.25) is 0 Å². The maximum absolute atomic E-state index is 12.4. The fourth-order valence-electron chi connectivity index (χ4n) is 10.6. The second-order valence-electron chi connectivity index (χ2n) is 24.3. The van der Waals surface area contributed by atoms with Crippen LogP contribution in [0.5, 0.6) is 0 Å². The van der Waals surface area contributed by atoms with E-state index in [-0.39, 0.29) is 25.2 Å². The third-order valence-corrected chi connectivity index (χ3v) is 16.1. The van der Waals surface area contributed by atoms with Gasteiger partial charge in [-0.25, -0.2) is 0 Å². The maximum Gasteiger partial charge on any atom is 0.306 e. The molecule has 0 amide bonds. The number of rotatable bonds is 67. The van der Waals surface area contributed by atoms with Crippen molar-refractivity contribution in [3.8, 4) is 0 Å². The zero-order valence-corrected chi connectivity index (χ0v) is 55.6. The van der Waals surface area contributed by atoms with Crippen molar-refractivity contribution >= 4 is 11.9 Å². The lowest BCUT2D eigenvalue weighted by molar-refractivity contribution is -0.161. The number of carbonyl (C=O) groups is 2. The fraction of sp³-hybridized carbons (Fsp3) is 0.747. The van der Waals surface area contributed by atoms with Crippen LogP contribution >= 0.6 is 0 Å². The molecule has 5 nitrogen and oxygen atoms in total. The lowest BCUT2D eigenvalue weighted by Gasteiger charge is -2.15. The van der Waals surface area contributed by atoms with Crippen LogP contribution < -0.4 is 0 Å². The van der Waals surface area contributed by atoms with Crippen LogP contribution in [-0.2, 0) is 19.1 Å². The molecule has 0 rings (SSSR count). The van der Waals surface area contributed by atoms with E-state index < -0.39 is 6.10 Å². The van der Waals surface area contributed by atoms with Gasteiger partial charge in [-0.15, -0.1) is 0 Å². The van der Waals surface area contributed by atoms with Gasteiger partial charge in [0.05, 0.1) is 6.61 Å². The van der Waals surface area contributed by atoms with E-state index in [0.29, 0.717) is 12.8 Å². The molecule has 5 heteroatoms. The summed E-state index contributed by atoms with van der Waals surface area (Å²) in [6.07, 6.45) is 107. The van der Waals surface area contributed by atoms with Crippen molar-refractivity contribution in [2.75, 3.05) is 13.2 Å². The van der Waals surface area contributed by atoms with E-state index >= 15 is 0 Å². The zero-order chi connectivity index (χ0) is 60.5. The van der Waals surface area contributed by atoms with Crippen molar-refractivity contribution in [1.82, 2.24) is 0 Å². The highest BCUT2D eigenvalue weighted by Gasteiger charge is 2.16. The molecule has 0 saturated heterocycles. The number of hydrogen-bond acceptors (Lipinski definition) is 5. The first-order chi connectivity index (χ1) is 41.6. The van der Waals surface area contributed by atoms with Crippen molar-refractivity contribution in [3.05, 3.63) is 109 Å². The second-order valence-corrected chi connectivity index (χ2v) is 24.3. The van der Waals surface area contributed by atoms with E-state index in [2.05, 4.69) is 123 Å². The topological polar surface area (TPSA) is 72.8 Å². The molecule has 0 radical (unpaired) electrons. The Morgan fingerprint density at radius 1 is 0.286 bits per heavy atom. The minimum Gasteiger partial charge on any atom is -0.462 e. The van der Waals surface area contributed by atoms with Crippen LogP contribution in [0.1, 0.15) is 361 Å². The Balaban J connectivity index is 3.43. The van der Waals surface area contributed by atoms with E-state index in [1.54, 1.807) is 0 Å². The quantitative estimate of drug-likeness (QED) is 0.0373. The Bertz CT molecular complexity index is 1610. The minimum atomic E-state index is -0.776. The summed E-state index contributed by atoms with van der Waals surface area (Å²) in [4.78, 5) is 24.7. The molecule has 0 heterocycles. The average molecular weight is 1170 g/mol. The number of allylic oxidation sites excluding steroid dienone is 18. The first-order valence-electron chi connectivity index (χ1n) is 36.4.